The molecule has 0 unspecified atom stereocenters. The van der Waals surface area contributed by atoms with Gasteiger partial charge in [0.1, 0.15) is 12.4 Å². The number of amides is 1. The predicted molar refractivity (Wildman–Crippen MR) is 104 cm³/mol. The number of hydrogen-bond donors (Lipinski definition) is 2. The summed E-state index contributed by atoms with van der Waals surface area (Å²) in [5.41, 5.74) is 2.93. The normalized spacial score (nSPS) is 12.8. The second-order valence-corrected chi connectivity index (χ2v) is 6.81. The third kappa shape index (κ3) is 5.21. The number of ether oxygens (including phenoxy) is 1. The van der Waals surface area contributed by atoms with E-state index < -0.39 is 0 Å². The first-order valence-electron chi connectivity index (χ1n) is 8.29. The van der Waals surface area contributed by atoms with Crippen LogP contribution >= 0.6 is 23.2 Å². The second-order valence-electron chi connectivity index (χ2n) is 5.96. The van der Waals surface area contributed by atoms with Crippen LogP contribution in [-0.4, -0.2) is 30.6 Å². The number of carbonyl (C=O) groups is 1. The van der Waals surface area contributed by atoms with Gasteiger partial charge in [0.25, 0.3) is 0 Å². The zero-order valence-electron chi connectivity index (χ0n) is 14.1. The van der Waals surface area contributed by atoms with Crippen LogP contribution in [0.2, 0.25) is 10.0 Å². The van der Waals surface area contributed by atoms with Crippen LogP contribution in [0.5, 0.6) is 5.75 Å². The van der Waals surface area contributed by atoms with Gasteiger partial charge in [0, 0.05) is 49.0 Å². The average molecular weight is 392 g/mol. The van der Waals surface area contributed by atoms with Crippen LogP contribution in [0, 0.1) is 0 Å². The van der Waals surface area contributed by atoms with Crippen molar-refractivity contribution in [2.45, 2.75) is 13.0 Å². The predicted octanol–water partition coefficient (Wildman–Crippen LogP) is 3.46. The lowest BCUT2D eigenvalue weighted by molar-refractivity contribution is -0.121. The maximum atomic E-state index is 11.9. The highest BCUT2D eigenvalue weighted by atomic mass is 35.5. The summed E-state index contributed by atoms with van der Waals surface area (Å²) in [6.45, 7) is 2.18. The summed E-state index contributed by atoms with van der Waals surface area (Å²) in [6.07, 6.45) is 5.87. The molecular formula is C19H19Cl2N3O2. The number of rotatable bonds is 7. The number of fused-ring (bicyclic) bond motifs is 1. The van der Waals surface area contributed by atoms with Crippen LogP contribution in [0.3, 0.4) is 0 Å². The minimum atomic E-state index is -0.000800. The summed E-state index contributed by atoms with van der Waals surface area (Å²) in [7, 11) is 0. The number of nitrogens with zero attached hydrogens (tertiary/aromatic N) is 1. The highest BCUT2D eigenvalue weighted by Crippen LogP contribution is 2.36. The first kappa shape index (κ1) is 18.7. The number of aromatic nitrogens is 1. The van der Waals surface area contributed by atoms with Crippen molar-refractivity contribution in [1.29, 1.82) is 0 Å². The summed E-state index contributed by atoms with van der Waals surface area (Å²) < 4.78 is 5.70. The Balaban J connectivity index is 1.41. The molecule has 0 saturated heterocycles. The Morgan fingerprint density at radius 3 is 2.96 bits per heavy atom. The molecule has 0 fully saturated rings. The fourth-order valence-corrected chi connectivity index (χ4v) is 3.17. The molecule has 1 aliphatic rings. The molecule has 0 radical (unpaired) electrons. The van der Waals surface area contributed by atoms with E-state index in [1.165, 1.54) is 0 Å². The van der Waals surface area contributed by atoms with Crippen molar-refractivity contribution < 1.29 is 9.53 Å². The lowest BCUT2D eigenvalue weighted by Crippen LogP contribution is -2.29. The number of hydrogen-bond acceptors (Lipinski definition) is 4. The van der Waals surface area contributed by atoms with Crippen LogP contribution in [0.25, 0.3) is 6.08 Å². The Kier molecular flexibility index (Phi) is 6.50. The molecule has 7 heteroatoms. The van der Waals surface area contributed by atoms with Gasteiger partial charge in [0.15, 0.2) is 0 Å². The summed E-state index contributed by atoms with van der Waals surface area (Å²) in [5, 5.41) is 7.22. The Bertz CT molecular complexity index is 810. The van der Waals surface area contributed by atoms with Gasteiger partial charge < -0.3 is 15.4 Å². The summed E-state index contributed by atoms with van der Waals surface area (Å²) >= 11 is 12.2. The first-order chi connectivity index (χ1) is 12.6. The summed E-state index contributed by atoms with van der Waals surface area (Å²) in [5.74, 6) is 0.661. The molecule has 5 nitrogen and oxygen atoms in total. The summed E-state index contributed by atoms with van der Waals surface area (Å²) in [4.78, 5) is 15.9. The Morgan fingerprint density at radius 1 is 1.27 bits per heavy atom. The molecule has 1 amide bonds. The molecule has 136 valence electrons. The van der Waals surface area contributed by atoms with E-state index in [-0.39, 0.29) is 5.91 Å². The number of carbonyl (C=O) groups excluding carboxylic acids is 1. The Hall–Kier alpha value is -2.08. The Morgan fingerprint density at radius 2 is 2.15 bits per heavy atom. The van der Waals surface area contributed by atoms with Gasteiger partial charge in [-0.15, -0.1) is 0 Å². The minimum Gasteiger partial charge on any atom is -0.487 e. The van der Waals surface area contributed by atoms with Crippen molar-refractivity contribution >= 4 is 35.2 Å². The van der Waals surface area contributed by atoms with Gasteiger partial charge in [-0.2, -0.15) is 0 Å². The summed E-state index contributed by atoms with van der Waals surface area (Å²) in [6, 6.07) is 7.27. The van der Waals surface area contributed by atoms with Gasteiger partial charge in [0.05, 0.1) is 5.02 Å². The lowest BCUT2D eigenvalue weighted by Gasteiger charge is -2.19. The number of benzene rings is 1. The molecule has 2 aromatic rings. The second kappa shape index (κ2) is 9.03. The lowest BCUT2D eigenvalue weighted by atomic mass is 10.1. The molecule has 0 aliphatic carbocycles. The Labute approximate surface area is 162 Å². The van der Waals surface area contributed by atoms with Gasteiger partial charge in [-0.05, 0) is 35.4 Å². The molecule has 0 spiro atoms. The van der Waals surface area contributed by atoms with Crippen molar-refractivity contribution in [2.75, 3.05) is 19.7 Å². The van der Waals surface area contributed by atoms with E-state index in [4.69, 9.17) is 27.9 Å². The fourth-order valence-electron chi connectivity index (χ4n) is 2.61. The molecule has 0 saturated carbocycles. The van der Waals surface area contributed by atoms with E-state index in [2.05, 4.69) is 15.6 Å². The average Bonchev–Trinajstić information content (AvgIpc) is 2.64. The van der Waals surface area contributed by atoms with Crippen LogP contribution in [0.1, 0.15) is 17.5 Å². The molecule has 1 aromatic heterocycles. The van der Waals surface area contributed by atoms with Gasteiger partial charge in [-0.1, -0.05) is 29.3 Å². The molecule has 0 atom stereocenters. The monoisotopic (exact) mass is 391 g/mol. The molecule has 0 bridgehead atoms. The molecule has 2 N–H and O–H groups in total. The largest absolute Gasteiger partial charge is 0.487 e. The molecule has 1 aliphatic heterocycles. The smallest absolute Gasteiger partial charge is 0.221 e. The topological polar surface area (TPSA) is 63.2 Å². The maximum Gasteiger partial charge on any atom is 0.221 e. The molecule has 2 heterocycles. The van der Waals surface area contributed by atoms with E-state index in [1.54, 1.807) is 18.5 Å². The molecular weight excluding hydrogens is 373 g/mol. The van der Waals surface area contributed by atoms with Gasteiger partial charge >= 0.3 is 0 Å². The maximum absolute atomic E-state index is 11.9. The highest BCUT2D eigenvalue weighted by molar-refractivity contribution is 6.36. The van der Waals surface area contributed by atoms with Gasteiger partial charge in [0.2, 0.25) is 5.91 Å². The third-order valence-corrected chi connectivity index (χ3v) is 4.39. The van der Waals surface area contributed by atoms with Crippen molar-refractivity contribution in [2.24, 2.45) is 0 Å². The third-order valence-electron chi connectivity index (χ3n) is 3.89. The standard InChI is InChI=1S/C19H19Cl2N3O2/c20-16-7-15-6-14(12-26-19(15)17(21)8-16)10-23-5-3-18(25)24-11-13-2-1-4-22-9-13/h1-2,4,6-9,23H,3,5,10-12H2,(H,24,25). The van der Waals surface area contributed by atoms with E-state index in [9.17, 15) is 4.79 Å². The van der Waals surface area contributed by atoms with Crippen molar-refractivity contribution in [3.63, 3.8) is 0 Å². The van der Waals surface area contributed by atoms with Gasteiger partial charge in [-0.25, -0.2) is 0 Å². The van der Waals surface area contributed by atoms with Crippen LogP contribution in [0.4, 0.5) is 0 Å². The molecule has 1 aromatic carbocycles. The zero-order valence-corrected chi connectivity index (χ0v) is 15.6. The van der Waals surface area contributed by atoms with Crippen LogP contribution in [-0.2, 0) is 11.3 Å². The van der Waals surface area contributed by atoms with Crippen LogP contribution in [0.15, 0.2) is 42.2 Å². The van der Waals surface area contributed by atoms with Crippen LogP contribution < -0.4 is 15.4 Å². The van der Waals surface area contributed by atoms with E-state index in [1.807, 2.05) is 24.3 Å². The van der Waals surface area contributed by atoms with E-state index >= 15 is 0 Å². The number of pyridine rings is 1. The minimum absolute atomic E-state index is 0.000800. The van der Waals surface area contributed by atoms with Crippen molar-refractivity contribution in [3.8, 4) is 5.75 Å². The van der Waals surface area contributed by atoms with Gasteiger partial charge in [-0.3, -0.25) is 9.78 Å². The molecule has 26 heavy (non-hydrogen) atoms. The highest BCUT2D eigenvalue weighted by Gasteiger charge is 2.15. The number of halogens is 2. The molecule has 3 rings (SSSR count). The zero-order chi connectivity index (χ0) is 18.4. The first-order valence-corrected chi connectivity index (χ1v) is 9.05. The SMILES string of the molecule is O=C(CCNCC1=Cc2cc(Cl)cc(Cl)c2OC1)NCc1cccnc1. The van der Waals surface area contributed by atoms with E-state index in [0.29, 0.717) is 48.5 Å². The fraction of sp³-hybridized carbons (Fsp3) is 0.263. The van der Waals surface area contributed by atoms with Crippen molar-refractivity contribution in [1.82, 2.24) is 15.6 Å². The van der Waals surface area contributed by atoms with Crippen molar-refractivity contribution in [3.05, 3.63) is 63.4 Å². The quantitative estimate of drug-likeness (QED) is 0.709. The number of nitrogens with one attached hydrogen (secondary N) is 2. The van der Waals surface area contributed by atoms with E-state index in [0.717, 1.165) is 16.7 Å².